The summed E-state index contributed by atoms with van der Waals surface area (Å²) >= 11 is 0. The minimum Gasteiger partial charge on any atom is -0.323 e. The zero-order valence-corrected chi connectivity index (χ0v) is 14.5. The van der Waals surface area contributed by atoms with Gasteiger partial charge in [-0.3, -0.25) is 14.3 Å². The highest BCUT2D eigenvalue weighted by molar-refractivity contribution is 5.73. The molecule has 5 nitrogen and oxygen atoms in total. The van der Waals surface area contributed by atoms with Gasteiger partial charge in [0.15, 0.2) is 0 Å². The number of pyridine rings is 2. The molecule has 0 atom stereocenters. The molecule has 27 heavy (non-hydrogen) atoms. The first kappa shape index (κ1) is 15.5. The number of hydrogen-bond donors (Lipinski definition) is 0. The van der Waals surface area contributed by atoms with Gasteiger partial charge in [-0.25, -0.2) is 4.98 Å². The molecule has 0 unspecified atom stereocenters. The van der Waals surface area contributed by atoms with Gasteiger partial charge in [-0.05, 0) is 47.0 Å². The molecule has 5 rings (SSSR count). The van der Waals surface area contributed by atoms with E-state index in [1.807, 2.05) is 30.5 Å². The van der Waals surface area contributed by atoms with E-state index >= 15 is 0 Å². The van der Waals surface area contributed by atoms with Gasteiger partial charge in [0.05, 0.1) is 30.0 Å². The normalized spacial score (nSPS) is 11.3. The summed E-state index contributed by atoms with van der Waals surface area (Å²) in [5.74, 6) is 0. The summed E-state index contributed by atoms with van der Waals surface area (Å²) in [5.41, 5.74) is 5.84. The maximum Gasteiger partial charge on any atom is 0.269 e. The van der Waals surface area contributed by atoms with Gasteiger partial charge in [-0.15, -0.1) is 0 Å². The number of benzene rings is 1. The molecule has 130 valence electrons. The molecule has 4 aromatic heterocycles. The zero-order chi connectivity index (χ0) is 18.2. The summed E-state index contributed by atoms with van der Waals surface area (Å²) in [4.78, 5) is 20.7. The Morgan fingerprint density at radius 3 is 2.85 bits per heavy atom. The van der Waals surface area contributed by atoms with Crippen LogP contribution >= 0.6 is 0 Å². The van der Waals surface area contributed by atoms with Crippen molar-refractivity contribution < 1.29 is 0 Å². The molecule has 1 aromatic carbocycles. The number of aromatic nitrogens is 4. The summed E-state index contributed by atoms with van der Waals surface area (Å²) in [6, 6.07) is 18.4. The topological polar surface area (TPSA) is 52.2 Å². The largest absolute Gasteiger partial charge is 0.323 e. The molecule has 4 heterocycles. The monoisotopic (exact) mass is 352 g/mol. The van der Waals surface area contributed by atoms with E-state index in [0.29, 0.717) is 6.54 Å². The SMILES string of the molecule is O=c1cnc2ccncc2n1Cc1cccc(-c2ccc3cccn3c2)c1. The van der Waals surface area contributed by atoms with Gasteiger partial charge in [0.2, 0.25) is 0 Å². The lowest BCUT2D eigenvalue weighted by molar-refractivity contribution is 0.785. The molecule has 0 aliphatic rings. The molecular formula is C22H16N4O. The molecule has 0 spiro atoms. The molecule has 5 heteroatoms. The Balaban J connectivity index is 1.57. The van der Waals surface area contributed by atoms with Crippen LogP contribution in [0.4, 0.5) is 0 Å². The maximum atomic E-state index is 12.4. The Morgan fingerprint density at radius 1 is 0.926 bits per heavy atom. The highest BCUT2D eigenvalue weighted by Crippen LogP contribution is 2.22. The van der Waals surface area contributed by atoms with E-state index in [1.54, 1.807) is 17.0 Å². The van der Waals surface area contributed by atoms with Gasteiger partial charge in [-0.2, -0.15) is 0 Å². The summed E-state index contributed by atoms with van der Waals surface area (Å²) in [7, 11) is 0. The van der Waals surface area contributed by atoms with Crippen LogP contribution in [0.5, 0.6) is 0 Å². The Bertz CT molecular complexity index is 1330. The number of rotatable bonds is 3. The number of nitrogens with zero attached hydrogens (tertiary/aromatic N) is 4. The second-order valence-electron chi connectivity index (χ2n) is 6.51. The van der Waals surface area contributed by atoms with Crippen LogP contribution in [0.15, 0.2) is 90.4 Å². The van der Waals surface area contributed by atoms with E-state index in [0.717, 1.165) is 33.2 Å². The van der Waals surface area contributed by atoms with Crippen molar-refractivity contribution >= 4 is 16.6 Å². The number of hydrogen-bond acceptors (Lipinski definition) is 3. The third-order valence-corrected chi connectivity index (χ3v) is 4.77. The minimum absolute atomic E-state index is 0.130. The van der Waals surface area contributed by atoms with Crippen LogP contribution in [-0.2, 0) is 6.54 Å². The van der Waals surface area contributed by atoms with Gasteiger partial charge < -0.3 is 4.40 Å². The highest BCUT2D eigenvalue weighted by Gasteiger charge is 2.07. The summed E-state index contributed by atoms with van der Waals surface area (Å²) in [6.45, 7) is 0.475. The van der Waals surface area contributed by atoms with Crippen molar-refractivity contribution in [3.63, 3.8) is 0 Å². The molecule has 0 fully saturated rings. The Kier molecular flexibility index (Phi) is 3.57. The van der Waals surface area contributed by atoms with Crippen molar-refractivity contribution in [1.29, 1.82) is 0 Å². The fourth-order valence-electron chi connectivity index (χ4n) is 3.41. The van der Waals surface area contributed by atoms with Crippen molar-refractivity contribution in [2.24, 2.45) is 0 Å². The molecule has 0 saturated heterocycles. The molecule has 0 radical (unpaired) electrons. The molecule has 0 bridgehead atoms. The smallest absolute Gasteiger partial charge is 0.269 e. The van der Waals surface area contributed by atoms with Crippen LogP contribution in [0.1, 0.15) is 5.56 Å². The average Bonchev–Trinajstić information content (AvgIpc) is 3.18. The third-order valence-electron chi connectivity index (χ3n) is 4.77. The summed E-state index contributed by atoms with van der Waals surface area (Å²) in [5, 5.41) is 0. The van der Waals surface area contributed by atoms with Crippen LogP contribution in [0, 0.1) is 0 Å². The van der Waals surface area contributed by atoms with Crippen LogP contribution in [0.3, 0.4) is 0 Å². The summed E-state index contributed by atoms with van der Waals surface area (Å²) in [6.07, 6.45) is 8.90. The van der Waals surface area contributed by atoms with Crippen molar-refractivity contribution in [1.82, 2.24) is 18.9 Å². The van der Waals surface area contributed by atoms with E-state index < -0.39 is 0 Å². The van der Waals surface area contributed by atoms with Gasteiger partial charge in [0, 0.05) is 24.1 Å². The van der Waals surface area contributed by atoms with Crippen LogP contribution in [0.2, 0.25) is 0 Å². The van der Waals surface area contributed by atoms with E-state index in [-0.39, 0.29) is 5.56 Å². The predicted octanol–water partition coefficient (Wildman–Crippen LogP) is 3.76. The van der Waals surface area contributed by atoms with E-state index in [9.17, 15) is 4.79 Å². The molecule has 0 amide bonds. The number of fused-ring (bicyclic) bond motifs is 2. The standard InChI is InChI=1S/C22H16N4O/c27-22-13-24-20-8-9-23-12-21(20)26(22)14-16-3-1-4-17(11-16)18-6-7-19-5-2-10-25(19)15-18/h1-13,15H,14H2. The minimum atomic E-state index is -0.130. The van der Waals surface area contributed by atoms with Crippen molar-refractivity contribution in [3.05, 3.63) is 101 Å². The van der Waals surface area contributed by atoms with Gasteiger partial charge >= 0.3 is 0 Å². The van der Waals surface area contributed by atoms with Crippen LogP contribution < -0.4 is 5.56 Å². The Labute approximate surface area is 155 Å². The lowest BCUT2D eigenvalue weighted by Gasteiger charge is -2.11. The fourth-order valence-corrected chi connectivity index (χ4v) is 3.41. The average molecular weight is 352 g/mol. The quantitative estimate of drug-likeness (QED) is 0.497. The highest BCUT2D eigenvalue weighted by atomic mass is 16.1. The van der Waals surface area contributed by atoms with E-state index in [4.69, 9.17) is 0 Å². The van der Waals surface area contributed by atoms with Crippen molar-refractivity contribution in [2.75, 3.05) is 0 Å². The lowest BCUT2D eigenvalue weighted by atomic mass is 10.0. The molecule has 0 N–H and O–H groups in total. The first-order valence-electron chi connectivity index (χ1n) is 8.73. The predicted molar refractivity (Wildman–Crippen MR) is 106 cm³/mol. The van der Waals surface area contributed by atoms with E-state index in [1.165, 1.54) is 6.20 Å². The van der Waals surface area contributed by atoms with Crippen molar-refractivity contribution in [2.45, 2.75) is 6.54 Å². The lowest BCUT2D eigenvalue weighted by Crippen LogP contribution is -2.21. The second kappa shape index (κ2) is 6.21. The van der Waals surface area contributed by atoms with Crippen LogP contribution in [-0.4, -0.2) is 18.9 Å². The van der Waals surface area contributed by atoms with Gasteiger partial charge in [0.1, 0.15) is 0 Å². The first-order chi connectivity index (χ1) is 13.3. The maximum absolute atomic E-state index is 12.4. The van der Waals surface area contributed by atoms with Gasteiger partial charge in [0.25, 0.3) is 5.56 Å². The van der Waals surface area contributed by atoms with E-state index in [2.05, 4.69) is 50.9 Å². The zero-order valence-electron chi connectivity index (χ0n) is 14.5. The van der Waals surface area contributed by atoms with Crippen LogP contribution in [0.25, 0.3) is 27.7 Å². The second-order valence-corrected chi connectivity index (χ2v) is 6.51. The summed E-state index contributed by atoms with van der Waals surface area (Å²) < 4.78 is 3.82. The Hall–Kier alpha value is -3.73. The first-order valence-corrected chi connectivity index (χ1v) is 8.73. The molecule has 0 aliphatic carbocycles. The van der Waals surface area contributed by atoms with Crippen molar-refractivity contribution in [3.8, 4) is 11.1 Å². The molecule has 0 saturated carbocycles. The molecule has 5 aromatic rings. The fraction of sp³-hybridized carbons (Fsp3) is 0.0455. The Morgan fingerprint density at radius 2 is 1.89 bits per heavy atom. The molecular weight excluding hydrogens is 336 g/mol. The third kappa shape index (κ3) is 2.79. The molecule has 0 aliphatic heterocycles. The van der Waals surface area contributed by atoms with Gasteiger partial charge in [-0.1, -0.05) is 24.3 Å².